The van der Waals surface area contributed by atoms with Crippen LogP contribution in [0.3, 0.4) is 0 Å². The fourth-order valence-electron chi connectivity index (χ4n) is 2.40. The number of rotatable bonds is 6. The summed E-state index contributed by atoms with van der Waals surface area (Å²) in [7, 11) is 2.27. The highest BCUT2D eigenvalue weighted by Crippen LogP contribution is 2.16. The Morgan fingerprint density at radius 1 is 1.38 bits per heavy atom. The van der Waals surface area contributed by atoms with E-state index < -0.39 is 0 Å². The van der Waals surface area contributed by atoms with Crippen molar-refractivity contribution in [1.29, 1.82) is 0 Å². The molecule has 0 bridgehead atoms. The maximum absolute atomic E-state index is 5.65. The van der Waals surface area contributed by atoms with Gasteiger partial charge in [-0.05, 0) is 65.0 Å². The van der Waals surface area contributed by atoms with E-state index in [2.05, 4.69) is 30.7 Å². The molecule has 1 aliphatic rings. The number of nitrogens with two attached hydrogens (primary N) is 1. The van der Waals surface area contributed by atoms with Gasteiger partial charge in [0.15, 0.2) is 0 Å². The number of piperidine rings is 1. The molecule has 1 fully saturated rings. The first kappa shape index (κ1) is 13.9. The largest absolute Gasteiger partial charge is 0.330 e. The molecule has 0 amide bonds. The lowest BCUT2D eigenvalue weighted by atomic mass is 10.0. The summed E-state index contributed by atoms with van der Waals surface area (Å²) in [5.74, 6) is 0.665. The van der Waals surface area contributed by atoms with Crippen molar-refractivity contribution in [3.63, 3.8) is 0 Å². The normalized spacial score (nSPS) is 21.6. The smallest absolute Gasteiger partial charge is 0.0117 e. The first-order valence-electron chi connectivity index (χ1n) is 6.80. The fraction of sp³-hybridized carbons (Fsp3) is 1.00. The maximum Gasteiger partial charge on any atom is 0.0117 e. The Kier molecular flexibility index (Phi) is 6.32. The van der Waals surface area contributed by atoms with Crippen LogP contribution in [0.15, 0.2) is 0 Å². The molecule has 96 valence electrons. The molecule has 0 aromatic carbocycles. The fourth-order valence-corrected chi connectivity index (χ4v) is 2.40. The van der Waals surface area contributed by atoms with Crippen molar-refractivity contribution in [3.05, 3.63) is 0 Å². The number of hydrogen-bond acceptors (Lipinski definition) is 3. The average molecular weight is 227 g/mol. The molecule has 1 unspecified atom stereocenters. The van der Waals surface area contributed by atoms with Crippen molar-refractivity contribution in [3.8, 4) is 0 Å². The van der Waals surface area contributed by atoms with Gasteiger partial charge in [-0.2, -0.15) is 0 Å². The first-order chi connectivity index (χ1) is 7.67. The predicted octanol–water partition coefficient (Wildman–Crippen LogP) is 1.39. The van der Waals surface area contributed by atoms with Gasteiger partial charge in [-0.15, -0.1) is 0 Å². The molecular formula is C13H29N3. The third kappa shape index (κ3) is 4.40. The Morgan fingerprint density at radius 3 is 2.50 bits per heavy atom. The SMILES string of the molecule is CCN1CCC(N(C)CCC(C)CN)CC1. The number of hydrogen-bond donors (Lipinski definition) is 1. The lowest BCUT2D eigenvalue weighted by Crippen LogP contribution is -2.43. The zero-order valence-electron chi connectivity index (χ0n) is 11.3. The van der Waals surface area contributed by atoms with Crippen LogP contribution in [-0.2, 0) is 0 Å². The minimum atomic E-state index is 0.665. The van der Waals surface area contributed by atoms with E-state index >= 15 is 0 Å². The van der Waals surface area contributed by atoms with E-state index in [-0.39, 0.29) is 0 Å². The highest BCUT2D eigenvalue weighted by Gasteiger charge is 2.21. The molecule has 3 nitrogen and oxygen atoms in total. The third-order valence-electron chi connectivity index (χ3n) is 4.00. The summed E-state index contributed by atoms with van der Waals surface area (Å²) in [6.45, 7) is 10.3. The van der Waals surface area contributed by atoms with E-state index in [0.29, 0.717) is 5.92 Å². The molecule has 3 heteroatoms. The van der Waals surface area contributed by atoms with Crippen LogP contribution < -0.4 is 5.73 Å². The molecule has 1 saturated heterocycles. The molecule has 0 aromatic heterocycles. The summed E-state index contributed by atoms with van der Waals surface area (Å²) >= 11 is 0. The summed E-state index contributed by atoms with van der Waals surface area (Å²) in [6.07, 6.45) is 3.91. The van der Waals surface area contributed by atoms with Gasteiger partial charge in [-0.25, -0.2) is 0 Å². The van der Waals surface area contributed by atoms with Gasteiger partial charge in [0, 0.05) is 6.04 Å². The summed E-state index contributed by atoms with van der Waals surface area (Å²) in [5.41, 5.74) is 5.65. The van der Waals surface area contributed by atoms with E-state index in [1.807, 2.05) is 0 Å². The van der Waals surface area contributed by atoms with E-state index in [0.717, 1.165) is 12.6 Å². The highest BCUT2D eigenvalue weighted by atomic mass is 15.2. The molecule has 1 atom stereocenters. The van der Waals surface area contributed by atoms with Crippen LogP contribution >= 0.6 is 0 Å². The van der Waals surface area contributed by atoms with Crippen LogP contribution in [0, 0.1) is 5.92 Å². The van der Waals surface area contributed by atoms with Crippen molar-refractivity contribution in [2.24, 2.45) is 11.7 Å². The molecule has 1 aliphatic heterocycles. The van der Waals surface area contributed by atoms with Gasteiger partial charge >= 0.3 is 0 Å². The van der Waals surface area contributed by atoms with E-state index in [9.17, 15) is 0 Å². The van der Waals surface area contributed by atoms with Gasteiger partial charge in [0.1, 0.15) is 0 Å². The maximum atomic E-state index is 5.65. The molecule has 2 N–H and O–H groups in total. The molecule has 0 saturated carbocycles. The van der Waals surface area contributed by atoms with Crippen LogP contribution in [0.1, 0.15) is 33.1 Å². The molecule has 0 radical (unpaired) electrons. The highest BCUT2D eigenvalue weighted by molar-refractivity contribution is 4.78. The van der Waals surface area contributed by atoms with Crippen molar-refractivity contribution in [2.75, 3.05) is 39.8 Å². The topological polar surface area (TPSA) is 32.5 Å². The van der Waals surface area contributed by atoms with Gasteiger partial charge < -0.3 is 15.5 Å². The Balaban J connectivity index is 2.20. The third-order valence-corrected chi connectivity index (χ3v) is 4.00. The Bertz CT molecular complexity index is 176. The number of likely N-dealkylation sites (tertiary alicyclic amines) is 1. The Morgan fingerprint density at radius 2 is 2.00 bits per heavy atom. The van der Waals surface area contributed by atoms with Crippen LogP contribution in [0.25, 0.3) is 0 Å². The van der Waals surface area contributed by atoms with Gasteiger partial charge in [0.2, 0.25) is 0 Å². The minimum absolute atomic E-state index is 0.665. The molecule has 16 heavy (non-hydrogen) atoms. The Labute approximate surface area is 101 Å². The standard InChI is InChI=1S/C13H29N3/c1-4-16-9-6-13(7-10-16)15(3)8-5-12(2)11-14/h12-13H,4-11,14H2,1-3H3. The second-order valence-corrected chi connectivity index (χ2v) is 5.28. The molecule has 1 rings (SSSR count). The molecule has 1 heterocycles. The van der Waals surface area contributed by atoms with Gasteiger partial charge in [-0.1, -0.05) is 13.8 Å². The lowest BCUT2D eigenvalue weighted by Gasteiger charge is -2.36. The van der Waals surface area contributed by atoms with Crippen molar-refractivity contribution < 1.29 is 0 Å². The van der Waals surface area contributed by atoms with Gasteiger partial charge in [0.05, 0.1) is 0 Å². The number of nitrogens with zero attached hydrogens (tertiary/aromatic N) is 2. The monoisotopic (exact) mass is 227 g/mol. The summed E-state index contributed by atoms with van der Waals surface area (Å²) in [6, 6.07) is 0.799. The van der Waals surface area contributed by atoms with Crippen molar-refractivity contribution >= 4 is 0 Å². The van der Waals surface area contributed by atoms with Gasteiger partial charge in [-0.3, -0.25) is 0 Å². The van der Waals surface area contributed by atoms with E-state index in [4.69, 9.17) is 5.73 Å². The molecular weight excluding hydrogens is 198 g/mol. The zero-order chi connectivity index (χ0) is 12.0. The second kappa shape index (κ2) is 7.25. The molecule has 0 aromatic rings. The molecule has 0 spiro atoms. The first-order valence-corrected chi connectivity index (χ1v) is 6.80. The summed E-state index contributed by atoms with van der Waals surface area (Å²) in [5, 5.41) is 0. The molecule has 0 aliphatic carbocycles. The van der Waals surface area contributed by atoms with Crippen LogP contribution in [0.5, 0.6) is 0 Å². The Hall–Kier alpha value is -0.120. The van der Waals surface area contributed by atoms with Crippen molar-refractivity contribution in [2.45, 2.75) is 39.2 Å². The van der Waals surface area contributed by atoms with Gasteiger partial charge in [0.25, 0.3) is 0 Å². The minimum Gasteiger partial charge on any atom is -0.330 e. The van der Waals surface area contributed by atoms with Crippen LogP contribution in [0.4, 0.5) is 0 Å². The predicted molar refractivity (Wildman–Crippen MR) is 70.6 cm³/mol. The summed E-state index contributed by atoms with van der Waals surface area (Å²) < 4.78 is 0. The van der Waals surface area contributed by atoms with Crippen molar-refractivity contribution in [1.82, 2.24) is 9.80 Å². The van der Waals surface area contributed by atoms with E-state index in [1.54, 1.807) is 0 Å². The average Bonchev–Trinajstić information content (AvgIpc) is 2.35. The zero-order valence-corrected chi connectivity index (χ0v) is 11.3. The van der Waals surface area contributed by atoms with E-state index in [1.165, 1.54) is 45.4 Å². The quantitative estimate of drug-likeness (QED) is 0.744. The summed E-state index contributed by atoms with van der Waals surface area (Å²) in [4.78, 5) is 5.09. The van der Waals surface area contributed by atoms with Crippen LogP contribution in [0.2, 0.25) is 0 Å². The van der Waals surface area contributed by atoms with Crippen LogP contribution in [-0.4, -0.2) is 55.6 Å². The second-order valence-electron chi connectivity index (χ2n) is 5.28. The lowest BCUT2D eigenvalue weighted by molar-refractivity contribution is 0.127.